The Morgan fingerprint density at radius 1 is 1.29 bits per heavy atom. The Morgan fingerprint density at radius 2 is 2.04 bits per heavy atom. The lowest BCUT2D eigenvalue weighted by molar-refractivity contribution is -0.120. The van der Waals surface area contributed by atoms with E-state index in [1.807, 2.05) is 6.07 Å². The van der Waals surface area contributed by atoms with E-state index in [1.54, 1.807) is 44.2 Å². The van der Waals surface area contributed by atoms with Gasteiger partial charge in [-0.05, 0) is 56.5 Å². The monoisotopic (exact) mass is 397 g/mol. The number of fused-ring (bicyclic) bond motifs is 1. The first-order chi connectivity index (χ1) is 13.4. The van der Waals surface area contributed by atoms with Crippen LogP contribution in [0, 0.1) is 12.7 Å². The number of thioether (sulfide) groups is 1. The Labute approximate surface area is 166 Å². The summed E-state index contributed by atoms with van der Waals surface area (Å²) in [6, 6.07) is 11.9. The number of rotatable bonds is 5. The van der Waals surface area contributed by atoms with Gasteiger partial charge >= 0.3 is 0 Å². The van der Waals surface area contributed by atoms with Crippen LogP contribution in [0.25, 0.3) is 16.6 Å². The number of hydrogen-bond acceptors (Lipinski definition) is 4. The summed E-state index contributed by atoms with van der Waals surface area (Å²) in [5.41, 5.74) is 1.15. The van der Waals surface area contributed by atoms with Crippen LogP contribution in [-0.2, 0) is 4.79 Å². The zero-order valence-corrected chi connectivity index (χ0v) is 16.4. The van der Waals surface area contributed by atoms with Crippen molar-refractivity contribution in [2.24, 2.45) is 0 Å². The van der Waals surface area contributed by atoms with Gasteiger partial charge < -0.3 is 5.32 Å². The first-order valence-electron chi connectivity index (χ1n) is 9.19. The first-order valence-corrected chi connectivity index (χ1v) is 10.1. The number of halogens is 1. The number of carbonyl (C=O) groups is 1. The maximum Gasteiger partial charge on any atom is 0.266 e. The molecule has 5 nitrogen and oxygen atoms in total. The molecule has 0 saturated heterocycles. The lowest BCUT2D eigenvalue weighted by Gasteiger charge is -2.16. The predicted octanol–water partition coefficient (Wildman–Crippen LogP) is 3.59. The van der Waals surface area contributed by atoms with Crippen LogP contribution in [0.1, 0.15) is 25.3 Å². The Morgan fingerprint density at radius 3 is 2.75 bits per heavy atom. The van der Waals surface area contributed by atoms with Gasteiger partial charge in [-0.15, -0.1) is 0 Å². The molecule has 1 atom stereocenters. The van der Waals surface area contributed by atoms with E-state index >= 15 is 0 Å². The minimum atomic E-state index is -0.435. The molecule has 1 N–H and O–H groups in total. The van der Waals surface area contributed by atoms with Crippen molar-refractivity contribution in [1.82, 2.24) is 14.9 Å². The summed E-state index contributed by atoms with van der Waals surface area (Å²) in [5.74, 6) is -0.482. The third-order valence-electron chi connectivity index (χ3n) is 4.73. The van der Waals surface area contributed by atoms with Gasteiger partial charge in [-0.25, -0.2) is 9.37 Å². The number of benzene rings is 2. The summed E-state index contributed by atoms with van der Waals surface area (Å²) in [4.78, 5) is 30.2. The van der Waals surface area contributed by atoms with Crippen LogP contribution in [0.4, 0.5) is 4.39 Å². The van der Waals surface area contributed by atoms with E-state index < -0.39 is 11.1 Å². The van der Waals surface area contributed by atoms with E-state index in [0.717, 1.165) is 12.8 Å². The molecule has 0 bridgehead atoms. The van der Waals surface area contributed by atoms with Gasteiger partial charge in [-0.1, -0.05) is 30.0 Å². The average Bonchev–Trinajstić information content (AvgIpc) is 3.48. The van der Waals surface area contributed by atoms with Crippen molar-refractivity contribution in [1.29, 1.82) is 0 Å². The maximum atomic E-state index is 14.2. The van der Waals surface area contributed by atoms with Crippen LogP contribution >= 0.6 is 11.8 Å². The van der Waals surface area contributed by atoms with E-state index in [-0.39, 0.29) is 17.5 Å². The summed E-state index contributed by atoms with van der Waals surface area (Å²) in [7, 11) is 0. The van der Waals surface area contributed by atoms with Crippen molar-refractivity contribution in [3.05, 3.63) is 64.2 Å². The van der Waals surface area contributed by atoms with Gasteiger partial charge in [0, 0.05) is 6.04 Å². The van der Waals surface area contributed by atoms with Gasteiger partial charge in [0.2, 0.25) is 5.91 Å². The third-order valence-corrected chi connectivity index (χ3v) is 5.79. The number of carbonyl (C=O) groups excluding carboxylic acids is 1. The molecule has 0 spiro atoms. The number of nitrogens with zero attached hydrogens (tertiary/aromatic N) is 2. The van der Waals surface area contributed by atoms with Crippen LogP contribution in [0.15, 0.2) is 52.4 Å². The first kappa shape index (κ1) is 18.7. The molecule has 4 rings (SSSR count). The molecule has 1 aliphatic carbocycles. The van der Waals surface area contributed by atoms with E-state index in [4.69, 9.17) is 0 Å². The van der Waals surface area contributed by atoms with Crippen LogP contribution in [0.5, 0.6) is 0 Å². The van der Waals surface area contributed by atoms with Crippen molar-refractivity contribution in [3.8, 4) is 5.69 Å². The molecule has 144 valence electrons. The van der Waals surface area contributed by atoms with E-state index in [2.05, 4.69) is 10.3 Å². The second-order valence-corrected chi connectivity index (χ2v) is 8.34. The SMILES string of the molecule is Cc1ccc(-n2c(SC(C)C(=O)NC3CC3)nc3ccccc3c2=O)cc1F. The molecule has 1 aromatic heterocycles. The van der Waals surface area contributed by atoms with Crippen molar-refractivity contribution in [2.45, 2.75) is 43.1 Å². The molecule has 7 heteroatoms. The zero-order valence-electron chi connectivity index (χ0n) is 15.6. The van der Waals surface area contributed by atoms with Crippen molar-refractivity contribution in [3.63, 3.8) is 0 Å². The summed E-state index contributed by atoms with van der Waals surface area (Å²) >= 11 is 1.20. The summed E-state index contributed by atoms with van der Waals surface area (Å²) < 4.78 is 15.6. The van der Waals surface area contributed by atoms with Gasteiger partial charge in [0.25, 0.3) is 5.56 Å². The van der Waals surface area contributed by atoms with Crippen molar-refractivity contribution < 1.29 is 9.18 Å². The minimum Gasteiger partial charge on any atom is -0.352 e. The quantitative estimate of drug-likeness (QED) is 0.528. The fraction of sp³-hybridized carbons (Fsp3) is 0.286. The highest BCUT2D eigenvalue weighted by atomic mass is 32.2. The Bertz CT molecular complexity index is 1120. The van der Waals surface area contributed by atoms with Crippen molar-refractivity contribution in [2.75, 3.05) is 0 Å². The Kier molecular flexibility index (Phi) is 4.93. The molecule has 1 aliphatic rings. The van der Waals surface area contributed by atoms with Gasteiger partial charge in [-0.2, -0.15) is 0 Å². The number of amides is 1. The Balaban J connectivity index is 1.82. The normalized spacial score (nSPS) is 14.8. The van der Waals surface area contributed by atoms with Gasteiger partial charge in [0.15, 0.2) is 5.16 Å². The van der Waals surface area contributed by atoms with Crippen molar-refractivity contribution >= 4 is 28.6 Å². The Hall–Kier alpha value is -2.67. The molecule has 3 aromatic rings. The zero-order chi connectivity index (χ0) is 19.8. The van der Waals surface area contributed by atoms with E-state index in [1.165, 1.54) is 22.4 Å². The lowest BCUT2D eigenvalue weighted by atomic mass is 10.2. The minimum absolute atomic E-state index is 0.0865. The summed E-state index contributed by atoms with van der Waals surface area (Å²) in [6.45, 7) is 3.45. The van der Waals surface area contributed by atoms with E-state index in [9.17, 15) is 14.0 Å². The number of aromatic nitrogens is 2. The molecule has 1 heterocycles. The van der Waals surface area contributed by atoms with Crippen LogP contribution in [0.2, 0.25) is 0 Å². The fourth-order valence-electron chi connectivity index (χ4n) is 2.90. The predicted molar refractivity (Wildman–Crippen MR) is 109 cm³/mol. The molecule has 1 unspecified atom stereocenters. The van der Waals surface area contributed by atoms with Crippen LogP contribution < -0.4 is 10.9 Å². The summed E-state index contributed by atoms with van der Waals surface area (Å²) in [6.07, 6.45) is 2.01. The molecule has 1 amide bonds. The van der Waals surface area contributed by atoms with Crippen LogP contribution in [-0.4, -0.2) is 26.8 Å². The number of nitrogens with one attached hydrogen (secondary N) is 1. The molecule has 2 aromatic carbocycles. The second kappa shape index (κ2) is 7.39. The topological polar surface area (TPSA) is 64.0 Å². The molecule has 1 saturated carbocycles. The largest absolute Gasteiger partial charge is 0.352 e. The average molecular weight is 397 g/mol. The maximum absolute atomic E-state index is 14.2. The molecule has 0 radical (unpaired) electrons. The van der Waals surface area contributed by atoms with Gasteiger partial charge in [0.1, 0.15) is 5.82 Å². The van der Waals surface area contributed by atoms with Gasteiger partial charge in [-0.3, -0.25) is 14.2 Å². The highest BCUT2D eigenvalue weighted by molar-refractivity contribution is 8.00. The number of aryl methyl sites for hydroxylation is 1. The number of hydrogen-bond donors (Lipinski definition) is 1. The molecule has 28 heavy (non-hydrogen) atoms. The fourth-order valence-corrected chi connectivity index (χ4v) is 3.83. The lowest BCUT2D eigenvalue weighted by Crippen LogP contribution is -2.33. The van der Waals surface area contributed by atoms with E-state index in [0.29, 0.717) is 27.3 Å². The molecule has 0 aliphatic heterocycles. The second-order valence-electron chi connectivity index (χ2n) is 7.03. The number of para-hydroxylation sites is 1. The standard InChI is InChI=1S/C21H20FN3O2S/c1-12-7-10-15(11-17(12)22)25-20(27)16-5-3-4-6-18(16)24-21(25)28-13(2)19(26)23-14-8-9-14/h3-7,10-11,13-14H,8-9H2,1-2H3,(H,23,26). The van der Waals surface area contributed by atoms with Gasteiger partial charge in [0.05, 0.1) is 21.8 Å². The molecular weight excluding hydrogens is 377 g/mol. The highest BCUT2D eigenvalue weighted by Gasteiger charge is 2.27. The summed E-state index contributed by atoms with van der Waals surface area (Å²) in [5, 5.41) is 3.34. The van der Waals surface area contributed by atoms with Crippen LogP contribution in [0.3, 0.4) is 0 Å². The smallest absolute Gasteiger partial charge is 0.266 e. The molecular formula is C21H20FN3O2S. The highest BCUT2D eigenvalue weighted by Crippen LogP contribution is 2.27. The third kappa shape index (κ3) is 3.67. The molecule has 1 fully saturated rings.